The van der Waals surface area contributed by atoms with Gasteiger partial charge in [0.1, 0.15) is 47.9 Å². The topological polar surface area (TPSA) is 277 Å². The fourth-order valence-electron chi connectivity index (χ4n) is 5.27. The highest BCUT2D eigenvalue weighted by Crippen LogP contribution is 2.54. The number of hydrogen-bond donors (Lipinski definition) is 5. The third kappa shape index (κ3) is 5.05. The van der Waals surface area contributed by atoms with Gasteiger partial charge in [-0.15, -0.1) is 0 Å². The largest absolute Gasteiger partial charge is 0.472 e. The molecule has 4 aromatic heterocycles. The first-order valence-corrected chi connectivity index (χ1v) is 15.9. The van der Waals surface area contributed by atoms with Crippen molar-refractivity contribution in [2.45, 2.75) is 49.1 Å². The third-order valence-corrected chi connectivity index (χ3v) is 9.29. The van der Waals surface area contributed by atoms with Crippen molar-refractivity contribution < 1.29 is 56.0 Å². The number of ether oxygens (including phenoxy) is 2. The molecule has 0 spiro atoms. The Morgan fingerprint density at radius 2 is 1.45 bits per heavy atom. The molecule has 10 atom stereocenters. The van der Waals surface area contributed by atoms with Crippen molar-refractivity contribution in [3.63, 3.8) is 0 Å². The molecule has 0 radical (unpaired) electrons. The van der Waals surface area contributed by atoms with Gasteiger partial charge in [-0.25, -0.2) is 38.4 Å². The van der Waals surface area contributed by atoms with Gasteiger partial charge in [-0.2, -0.15) is 0 Å². The molecule has 44 heavy (non-hydrogen) atoms. The lowest BCUT2D eigenvalue weighted by atomic mass is 10.1. The van der Waals surface area contributed by atoms with E-state index in [1.54, 1.807) is 0 Å². The first-order valence-electron chi connectivity index (χ1n) is 12.9. The lowest BCUT2D eigenvalue weighted by molar-refractivity contribution is -0.0671. The maximum absolute atomic E-state index is 15.9. The van der Waals surface area contributed by atoms with Crippen LogP contribution in [-0.4, -0.2) is 98.9 Å². The Bertz CT molecular complexity index is 1830. The summed E-state index contributed by atoms with van der Waals surface area (Å²) in [4.78, 5) is 41.5. The number of phosphoric acid groups is 2. The number of rotatable bonds is 2. The normalized spacial score (nSPS) is 38.3. The number of imidazole rings is 2. The molecular formula is C21H24FN9O11P2. The van der Waals surface area contributed by atoms with Crippen molar-refractivity contribution in [1.29, 1.82) is 0 Å². The molecule has 0 amide bonds. The quantitative estimate of drug-likeness (QED) is 0.176. The molecule has 3 aliphatic heterocycles. The SMILES string of the molecule is Nc1ncnc2c1ncn2[C@@H]1O[C@@H]2COP(=O)(O)O[C@@H]3C(F)[C@H](n4cnc5c(N)ccnc54)O[C@@H]3COP(=O)(O)OC1[C@H]2O. The highest BCUT2D eigenvalue weighted by Gasteiger charge is 2.54. The van der Waals surface area contributed by atoms with E-state index in [1.165, 1.54) is 34.1 Å². The molecule has 3 fully saturated rings. The van der Waals surface area contributed by atoms with Gasteiger partial charge >= 0.3 is 15.6 Å². The third-order valence-electron chi connectivity index (χ3n) is 7.32. The monoisotopic (exact) mass is 659 g/mol. The van der Waals surface area contributed by atoms with Crippen LogP contribution in [0.4, 0.5) is 15.9 Å². The number of phosphoric ester groups is 2. The number of nitrogens with zero attached hydrogens (tertiary/aromatic N) is 7. The van der Waals surface area contributed by atoms with E-state index < -0.39 is 78.0 Å². The smallest absolute Gasteiger partial charge is 0.397 e. The van der Waals surface area contributed by atoms with Crippen LogP contribution < -0.4 is 11.5 Å². The van der Waals surface area contributed by atoms with Crippen LogP contribution in [0.15, 0.2) is 31.2 Å². The number of aliphatic hydroxyl groups excluding tert-OH is 1. The second-order valence-corrected chi connectivity index (χ2v) is 12.9. The predicted molar refractivity (Wildman–Crippen MR) is 142 cm³/mol. The van der Waals surface area contributed by atoms with Gasteiger partial charge in [-0.3, -0.25) is 27.2 Å². The van der Waals surface area contributed by atoms with Gasteiger partial charge in [0.15, 0.2) is 35.7 Å². The number of fused-ring (bicyclic) bond motifs is 5. The van der Waals surface area contributed by atoms with Crippen LogP contribution in [0.3, 0.4) is 0 Å². The average molecular weight is 659 g/mol. The molecule has 3 aliphatic rings. The van der Waals surface area contributed by atoms with Crippen LogP contribution in [0, 0.1) is 0 Å². The highest BCUT2D eigenvalue weighted by molar-refractivity contribution is 7.47. The van der Waals surface area contributed by atoms with Crippen LogP contribution >= 0.6 is 15.6 Å². The lowest BCUT2D eigenvalue weighted by Gasteiger charge is -2.25. The molecular weight excluding hydrogens is 635 g/mol. The molecule has 23 heteroatoms. The van der Waals surface area contributed by atoms with Crippen molar-refractivity contribution in [2.24, 2.45) is 0 Å². The number of aromatic nitrogens is 7. The molecule has 0 aromatic carbocycles. The summed E-state index contributed by atoms with van der Waals surface area (Å²) in [5.41, 5.74) is 12.7. The van der Waals surface area contributed by atoms with Crippen molar-refractivity contribution >= 4 is 49.5 Å². The first-order chi connectivity index (χ1) is 20.9. The van der Waals surface area contributed by atoms with E-state index in [1.807, 2.05) is 0 Å². The summed E-state index contributed by atoms with van der Waals surface area (Å²) in [6.07, 6.45) is -8.32. The van der Waals surface area contributed by atoms with Crippen LogP contribution in [-0.2, 0) is 36.7 Å². The predicted octanol–water partition coefficient (Wildman–Crippen LogP) is -0.0526. The number of hydrogen-bond acceptors (Lipinski definition) is 16. The Labute approximate surface area is 244 Å². The number of halogens is 1. The summed E-state index contributed by atoms with van der Waals surface area (Å²) in [6, 6.07) is 1.49. The highest BCUT2D eigenvalue weighted by atomic mass is 31.2. The summed E-state index contributed by atoms with van der Waals surface area (Å²) in [6.45, 7) is -1.66. The van der Waals surface area contributed by atoms with E-state index >= 15 is 4.39 Å². The van der Waals surface area contributed by atoms with Crippen molar-refractivity contribution in [3.05, 3.63) is 31.2 Å². The van der Waals surface area contributed by atoms with E-state index in [9.17, 15) is 24.0 Å². The van der Waals surface area contributed by atoms with Gasteiger partial charge in [-0.1, -0.05) is 0 Å². The summed E-state index contributed by atoms with van der Waals surface area (Å²) < 4.78 is 76.7. The second kappa shape index (κ2) is 10.7. The molecule has 2 bridgehead atoms. The fourth-order valence-corrected chi connectivity index (χ4v) is 7.16. The number of anilines is 2. The molecule has 0 saturated carbocycles. The zero-order valence-electron chi connectivity index (χ0n) is 22.1. The minimum Gasteiger partial charge on any atom is -0.397 e. The number of alkyl halides is 1. The van der Waals surface area contributed by atoms with Crippen molar-refractivity contribution in [3.8, 4) is 0 Å². The Morgan fingerprint density at radius 3 is 2.20 bits per heavy atom. The van der Waals surface area contributed by atoms with Gasteiger partial charge in [0.25, 0.3) is 0 Å². The van der Waals surface area contributed by atoms with Crippen LogP contribution in [0.1, 0.15) is 12.5 Å². The van der Waals surface area contributed by atoms with Crippen LogP contribution in [0.25, 0.3) is 22.3 Å². The molecule has 7 heterocycles. The molecule has 20 nitrogen and oxygen atoms in total. The fraction of sp³-hybridized carbons (Fsp3) is 0.476. The van der Waals surface area contributed by atoms with Crippen LogP contribution in [0.5, 0.6) is 0 Å². The van der Waals surface area contributed by atoms with E-state index in [2.05, 4.69) is 24.9 Å². The number of nitrogen functional groups attached to an aromatic ring is 2. The zero-order chi connectivity index (χ0) is 31.0. The summed E-state index contributed by atoms with van der Waals surface area (Å²) in [5.74, 6) is 0.0276. The van der Waals surface area contributed by atoms with Gasteiger partial charge in [-0.05, 0) is 6.07 Å². The number of nitrogens with two attached hydrogens (primary N) is 2. The minimum absolute atomic E-state index is 0.0276. The summed E-state index contributed by atoms with van der Waals surface area (Å²) in [5, 5.41) is 11.0. The van der Waals surface area contributed by atoms with Crippen molar-refractivity contribution in [2.75, 3.05) is 24.7 Å². The molecule has 7 rings (SSSR count). The summed E-state index contributed by atoms with van der Waals surface area (Å²) >= 11 is 0. The molecule has 4 aromatic rings. The molecule has 7 N–H and O–H groups in total. The van der Waals surface area contributed by atoms with E-state index in [4.69, 9.17) is 39.0 Å². The average Bonchev–Trinajstić information content (AvgIpc) is 3.73. The second-order valence-electron chi connectivity index (χ2n) is 10.0. The zero-order valence-corrected chi connectivity index (χ0v) is 23.9. The van der Waals surface area contributed by atoms with Gasteiger partial charge in [0, 0.05) is 6.20 Å². The Hall–Kier alpha value is -3.20. The van der Waals surface area contributed by atoms with Gasteiger partial charge in [0.05, 0.1) is 31.6 Å². The van der Waals surface area contributed by atoms with Crippen LogP contribution in [0.2, 0.25) is 0 Å². The maximum atomic E-state index is 15.9. The Morgan fingerprint density at radius 1 is 0.841 bits per heavy atom. The first kappa shape index (κ1) is 29.5. The number of aliphatic hydroxyl groups is 1. The minimum atomic E-state index is -5.09. The molecule has 236 valence electrons. The standard InChI is InChI=1S/C21H24FN9O11P2/c22-11-15-10(40-20(11)30-6-28-12-8(23)1-2-25-18(12)30)4-38-44(35,36)42-16-14(32)9(3-37-43(33,34)41-15)39-21(16)31-7-29-13-17(24)26-5-27-19(13)31/h1-2,5-7,9-11,14-16,20-21,32H,3-4H2,(H2,23,25)(H,33,34)(H,35,36)(H2,24,26,27)/t9-,10-,11?,14+,15+,16?,20-,21-/m1/s1. The van der Waals surface area contributed by atoms with Gasteiger partial charge < -0.3 is 35.8 Å². The van der Waals surface area contributed by atoms with Gasteiger partial charge in [0.2, 0.25) is 0 Å². The lowest BCUT2D eigenvalue weighted by Crippen LogP contribution is -2.35. The Kier molecular flexibility index (Phi) is 7.18. The van der Waals surface area contributed by atoms with E-state index in [0.29, 0.717) is 0 Å². The molecule has 3 saturated heterocycles. The van der Waals surface area contributed by atoms with E-state index in [0.717, 1.165) is 6.33 Å². The van der Waals surface area contributed by atoms with E-state index in [-0.39, 0.29) is 33.8 Å². The molecule has 4 unspecified atom stereocenters. The molecule has 0 aliphatic carbocycles. The summed E-state index contributed by atoms with van der Waals surface area (Å²) in [7, 11) is -10.2. The maximum Gasteiger partial charge on any atom is 0.472 e. The van der Waals surface area contributed by atoms with Crippen molar-refractivity contribution in [1.82, 2.24) is 34.1 Å². The Balaban J connectivity index is 1.20. The number of pyridine rings is 1.